The zero-order valence-electron chi connectivity index (χ0n) is 12.2. The Hall–Kier alpha value is -2.53. The summed E-state index contributed by atoms with van der Waals surface area (Å²) in [7, 11) is 1.58. The predicted octanol–water partition coefficient (Wildman–Crippen LogP) is 3.55. The standard InChI is InChI=1S/C17H13IN2O3/c1-23-16-7-2-11(9-15(16)18)8-12(10-19)17(22)20-13-3-5-14(21)6-4-13/h2-9,21H,1H3,(H,20,22)/b12-8+. The van der Waals surface area contributed by atoms with Crippen molar-refractivity contribution in [2.24, 2.45) is 0 Å². The third kappa shape index (κ3) is 4.47. The molecule has 2 aromatic rings. The molecule has 0 fully saturated rings. The number of aromatic hydroxyl groups is 1. The predicted molar refractivity (Wildman–Crippen MR) is 96.0 cm³/mol. The van der Waals surface area contributed by atoms with Crippen LogP contribution in [-0.4, -0.2) is 18.1 Å². The van der Waals surface area contributed by atoms with Crippen LogP contribution in [0.2, 0.25) is 0 Å². The average Bonchev–Trinajstić information content (AvgIpc) is 2.54. The smallest absolute Gasteiger partial charge is 0.266 e. The molecule has 2 N–H and O–H groups in total. The third-order valence-corrected chi connectivity index (χ3v) is 3.82. The number of carbonyl (C=O) groups is 1. The van der Waals surface area contributed by atoms with Crippen LogP contribution in [0.15, 0.2) is 48.0 Å². The largest absolute Gasteiger partial charge is 0.508 e. The number of ether oxygens (including phenoxy) is 1. The molecule has 0 heterocycles. The van der Waals surface area contributed by atoms with Crippen molar-refractivity contribution in [1.29, 1.82) is 5.26 Å². The van der Waals surface area contributed by atoms with E-state index in [1.54, 1.807) is 31.4 Å². The maximum atomic E-state index is 12.2. The van der Waals surface area contributed by atoms with E-state index in [0.717, 1.165) is 14.9 Å². The molecule has 6 heteroatoms. The van der Waals surface area contributed by atoms with E-state index < -0.39 is 5.91 Å². The van der Waals surface area contributed by atoms with E-state index in [4.69, 9.17) is 4.74 Å². The van der Waals surface area contributed by atoms with Crippen LogP contribution in [0.4, 0.5) is 5.69 Å². The lowest BCUT2D eigenvalue weighted by Gasteiger charge is -2.06. The number of methoxy groups -OCH3 is 1. The molecule has 2 rings (SSSR count). The summed E-state index contributed by atoms with van der Waals surface area (Å²) in [6.07, 6.45) is 1.51. The molecule has 0 spiro atoms. The third-order valence-electron chi connectivity index (χ3n) is 2.98. The second-order valence-electron chi connectivity index (χ2n) is 4.56. The van der Waals surface area contributed by atoms with Crippen LogP contribution in [0, 0.1) is 14.9 Å². The molecule has 1 amide bonds. The summed E-state index contributed by atoms with van der Waals surface area (Å²) in [6.45, 7) is 0. The molecule has 0 aromatic heterocycles. The number of hydrogen-bond acceptors (Lipinski definition) is 4. The van der Waals surface area contributed by atoms with Gasteiger partial charge in [0.05, 0.1) is 10.7 Å². The number of carbonyl (C=O) groups excluding carboxylic acids is 1. The Bertz CT molecular complexity index is 792. The summed E-state index contributed by atoms with van der Waals surface area (Å²) in [6, 6.07) is 13.3. The molecular weight excluding hydrogens is 407 g/mol. The van der Waals surface area contributed by atoms with Crippen molar-refractivity contribution in [1.82, 2.24) is 0 Å². The molecule has 0 saturated carbocycles. The normalized spacial score (nSPS) is 10.7. The SMILES string of the molecule is COc1ccc(/C=C(\C#N)C(=O)Nc2ccc(O)cc2)cc1I. The fourth-order valence-electron chi connectivity index (χ4n) is 1.83. The van der Waals surface area contributed by atoms with E-state index >= 15 is 0 Å². The minimum Gasteiger partial charge on any atom is -0.508 e. The second kappa shape index (κ2) is 7.65. The van der Waals surface area contributed by atoms with Gasteiger partial charge in [-0.3, -0.25) is 4.79 Å². The number of nitrogens with zero attached hydrogens (tertiary/aromatic N) is 1. The van der Waals surface area contributed by atoms with Gasteiger partial charge in [0.2, 0.25) is 0 Å². The number of hydrogen-bond donors (Lipinski definition) is 2. The first-order valence-corrected chi connectivity index (χ1v) is 7.67. The van der Waals surface area contributed by atoms with Gasteiger partial charge in [-0.1, -0.05) is 6.07 Å². The molecule has 0 aliphatic rings. The highest BCUT2D eigenvalue weighted by Crippen LogP contribution is 2.23. The highest BCUT2D eigenvalue weighted by atomic mass is 127. The summed E-state index contributed by atoms with van der Waals surface area (Å²) >= 11 is 2.12. The van der Waals surface area contributed by atoms with Gasteiger partial charge in [0.1, 0.15) is 23.1 Å². The van der Waals surface area contributed by atoms with Crippen molar-refractivity contribution in [2.75, 3.05) is 12.4 Å². The Balaban J connectivity index is 2.21. The lowest BCUT2D eigenvalue weighted by atomic mass is 10.1. The molecule has 116 valence electrons. The Morgan fingerprint density at radius 3 is 2.57 bits per heavy atom. The fraction of sp³-hybridized carbons (Fsp3) is 0.0588. The van der Waals surface area contributed by atoms with Crippen LogP contribution in [0.5, 0.6) is 11.5 Å². The topological polar surface area (TPSA) is 82.3 Å². The van der Waals surface area contributed by atoms with E-state index in [1.807, 2.05) is 12.1 Å². The number of nitriles is 1. The van der Waals surface area contributed by atoms with E-state index in [0.29, 0.717) is 5.69 Å². The first-order valence-electron chi connectivity index (χ1n) is 6.59. The summed E-state index contributed by atoms with van der Waals surface area (Å²) < 4.78 is 6.06. The van der Waals surface area contributed by atoms with E-state index in [1.165, 1.54) is 18.2 Å². The minimum absolute atomic E-state index is 0.0148. The lowest BCUT2D eigenvalue weighted by Crippen LogP contribution is -2.13. The number of anilines is 1. The van der Waals surface area contributed by atoms with Gasteiger partial charge in [0, 0.05) is 5.69 Å². The number of phenolic OH excluding ortho intramolecular Hbond substituents is 1. The van der Waals surface area contributed by atoms with Gasteiger partial charge in [-0.2, -0.15) is 5.26 Å². The number of halogens is 1. The number of phenols is 1. The molecule has 0 bridgehead atoms. The van der Waals surface area contributed by atoms with Crippen LogP contribution >= 0.6 is 22.6 Å². The molecule has 0 aliphatic carbocycles. The minimum atomic E-state index is -0.510. The van der Waals surface area contributed by atoms with Gasteiger partial charge >= 0.3 is 0 Å². The molecule has 0 radical (unpaired) electrons. The van der Waals surface area contributed by atoms with Gasteiger partial charge in [-0.05, 0) is 70.6 Å². The summed E-state index contributed by atoms with van der Waals surface area (Å²) in [5, 5.41) is 21.0. The van der Waals surface area contributed by atoms with Gasteiger partial charge in [0.25, 0.3) is 5.91 Å². The first-order chi connectivity index (χ1) is 11.0. The van der Waals surface area contributed by atoms with Crippen molar-refractivity contribution in [3.63, 3.8) is 0 Å². The van der Waals surface area contributed by atoms with Gasteiger partial charge in [-0.15, -0.1) is 0 Å². The zero-order valence-corrected chi connectivity index (χ0v) is 14.4. The van der Waals surface area contributed by atoms with E-state index in [-0.39, 0.29) is 11.3 Å². The summed E-state index contributed by atoms with van der Waals surface area (Å²) in [5.74, 6) is 0.325. The van der Waals surface area contributed by atoms with Gasteiger partial charge < -0.3 is 15.2 Å². The molecule has 23 heavy (non-hydrogen) atoms. The molecule has 0 unspecified atom stereocenters. The fourth-order valence-corrected chi connectivity index (χ4v) is 2.59. The Kier molecular flexibility index (Phi) is 5.60. The van der Waals surface area contributed by atoms with Crippen molar-refractivity contribution in [3.8, 4) is 17.6 Å². The van der Waals surface area contributed by atoms with E-state index in [9.17, 15) is 15.2 Å². The lowest BCUT2D eigenvalue weighted by molar-refractivity contribution is -0.112. The Labute approximate surface area is 147 Å². The van der Waals surface area contributed by atoms with Crippen LogP contribution < -0.4 is 10.1 Å². The maximum absolute atomic E-state index is 12.2. The van der Waals surface area contributed by atoms with E-state index in [2.05, 4.69) is 27.9 Å². The van der Waals surface area contributed by atoms with Crippen LogP contribution in [0.3, 0.4) is 0 Å². The average molecular weight is 420 g/mol. The second-order valence-corrected chi connectivity index (χ2v) is 5.73. The van der Waals surface area contributed by atoms with Gasteiger partial charge in [-0.25, -0.2) is 0 Å². The van der Waals surface area contributed by atoms with Gasteiger partial charge in [0.15, 0.2) is 0 Å². The number of benzene rings is 2. The Morgan fingerprint density at radius 1 is 1.30 bits per heavy atom. The first kappa shape index (κ1) is 16.8. The molecule has 2 aromatic carbocycles. The number of amides is 1. The van der Waals surface area contributed by atoms with Crippen molar-refractivity contribution in [2.45, 2.75) is 0 Å². The molecular formula is C17H13IN2O3. The van der Waals surface area contributed by atoms with Crippen molar-refractivity contribution >= 4 is 40.3 Å². The number of nitrogens with one attached hydrogen (secondary N) is 1. The maximum Gasteiger partial charge on any atom is 0.266 e. The molecule has 0 saturated heterocycles. The highest BCUT2D eigenvalue weighted by molar-refractivity contribution is 14.1. The zero-order chi connectivity index (χ0) is 16.8. The van der Waals surface area contributed by atoms with Crippen LogP contribution in [0.25, 0.3) is 6.08 Å². The van der Waals surface area contributed by atoms with Crippen molar-refractivity contribution in [3.05, 3.63) is 57.2 Å². The summed E-state index contributed by atoms with van der Waals surface area (Å²) in [4.78, 5) is 12.2. The van der Waals surface area contributed by atoms with Crippen LogP contribution in [0.1, 0.15) is 5.56 Å². The highest BCUT2D eigenvalue weighted by Gasteiger charge is 2.10. The molecule has 0 atom stereocenters. The van der Waals surface area contributed by atoms with Crippen molar-refractivity contribution < 1.29 is 14.6 Å². The number of rotatable bonds is 4. The molecule has 0 aliphatic heterocycles. The van der Waals surface area contributed by atoms with Crippen LogP contribution in [-0.2, 0) is 4.79 Å². The molecule has 5 nitrogen and oxygen atoms in total. The summed E-state index contributed by atoms with van der Waals surface area (Å²) in [5.41, 5.74) is 1.21. The quantitative estimate of drug-likeness (QED) is 0.343. The Morgan fingerprint density at radius 2 is 2.00 bits per heavy atom. The monoisotopic (exact) mass is 420 g/mol.